The van der Waals surface area contributed by atoms with E-state index in [1.807, 2.05) is 13.0 Å². The highest BCUT2D eigenvalue weighted by atomic mass is 19.1. The number of nitrogens with zero attached hydrogens (tertiary/aromatic N) is 1. The molecule has 0 saturated carbocycles. The number of nitrogens with one attached hydrogen (secondary N) is 1. The first-order chi connectivity index (χ1) is 9.63. The van der Waals surface area contributed by atoms with Crippen LogP contribution in [0.3, 0.4) is 0 Å². The molecule has 4 heteroatoms. The van der Waals surface area contributed by atoms with E-state index in [0.717, 1.165) is 50.5 Å². The molecule has 0 amide bonds. The normalized spacial score (nSPS) is 17.9. The van der Waals surface area contributed by atoms with Crippen LogP contribution in [0.5, 0.6) is 0 Å². The number of aryl methyl sites for hydroxylation is 1. The van der Waals surface area contributed by atoms with Gasteiger partial charge in [-0.3, -0.25) is 0 Å². The molecule has 112 valence electrons. The average molecular weight is 280 g/mol. The number of ether oxygens (including phenoxy) is 1. The molecular weight excluding hydrogens is 255 g/mol. The largest absolute Gasteiger partial charge is 0.380 e. The third-order valence-electron chi connectivity index (χ3n) is 3.85. The maximum Gasteiger partial charge on any atom is 0.126 e. The summed E-state index contributed by atoms with van der Waals surface area (Å²) in [7, 11) is 0. The Kier molecular flexibility index (Phi) is 5.38. The van der Waals surface area contributed by atoms with Crippen LogP contribution in [0, 0.1) is 12.7 Å². The van der Waals surface area contributed by atoms with E-state index in [2.05, 4.69) is 24.1 Å². The van der Waals surface area contributed by atoms with Crippen LogP contribution in [-0.4, -0.2) is 32.8 Å². The van der Waals surface area contributed by atoms with Crippen molar-refractivity contribution < 1.29 is 9.13 Å². The third-order valence-corrected chi connectivity index (χ3v) is 3.85. The van der Waals surface area contributed by atoms with Crippen molar-refractivity contribution in [1.82, 2.24) is 5.32 Å². The molecule has 0 aliphatic carbocycles. The van der Waals surface area contributed by atoms with Crippen LogP contribution in [0.25, 0.3) is 0 Å². The van der Waals surface area contributed by atoms with E-state index in [9.17, 15) is 4.39 Å². The molecule has 0 spiro atoms. The van der Waals surface area contributed by atoms with Gasteiger partial charge in [-0.2, -0.15) is 0 Å². The van der Waals surface area contributed by atoms with Crippen molar-refractivity contribution in [2.45, 2.75) is 33.2 Å². The Morgan fingerprint density at radius 3 is 2.90 bits per heavy atom. The van der Waals surface area contributed by atoms with Gasteiger partial charge in [0.05, 0.1) is 6.61 Å². The maximum absolute atomic E-state index is 13.9. The number of rotatable bonds is 4. The summed E-state index contributed by atoms with van der Waals surface area (Å²) in [6.07, 6.45) is 1.02. The van der Waals surface area contributed by atoms with Crippen molar-refractivity contribution in [2.75, 3.05) is 37.7 Å². The summed E-state index contributed by atoms with van der Waals surface area (Å²) in [5, 5.41) is 3.38. The Balaban J connectivity index is 2.35. The highest BCUT2D eigenvalue weighted by Gasteiger charge is 2.19. The topological polar surface area (TPSA) is 24.5 Å². The molecule has 1 aromatic carbocycles. The zero-order chi connectivity index (χ0) is 14.5. The van der Waals surface area contributed by atoms with Crippen LogP contribution in [0.15, 0.2) is 12.1 Å². The number of hydrogen-bond acceptors (Lipinski definition) is 3. The fraction of sp³-hybridized carbons (Fsp3) is 0.625. The Hall–Kier alpha value is -1.13. The van der Waals surface area contributed by atoms with Crippen LogP contribution in [0.4, 0.5) is 10.1 Å². The number of anilines is 1. The zero-order valence-corrected chi connectivity index (χ0v) is 12.7. The van der Waals surface area contributed by atoms with Gasteiger partial charge in [-0.1, -0.05) is 6.92 Å². The van der Waals surface area contributed by atoms with Gasteiger partial charge < -0.3 is 15.0 Å². The fourth-order valence-corrected chi connectivity index (χ4v) is 2.71. The molecule has 3 nitrogen and oxygen atoms in total. The van der Waals surface area contributed by atoms with Crippen LogP contribution < -0.4 is 10.2 Å². The molecular formula is C16H25FN2O. The van der Waals surface area contributed by atoms with Crippen molar-refractivity contribution in [1.29, 1.82) is 0 Å². The van der Waals surface area contributed by atoms with Crippen molar-refractivity contribution in [3.05, 3.63) is 29.1 Å². The van der Waals surface area contributed by atoms with E-state index in [1.165, 1.54) is 0 Å². The molecule has 0 aromatic heterocycles. The molecule has 0 bridgehead atoms. The Labute approximate surface area is 121 Å². The third kappa shape index (κ3) is 3.49. The average Bonchev–Trinajstić information content (AvgIpc) is 2.70. The highest BCUT2D eigenvalue weighted by Crippen LogP contribution is 2.30. The van der Waals surface area contributed by atoms with Crippen molar-refractivity contribution in [3.63, 3.8) is 0 Å². The van der Waals surface area contributed by atoms with Gasteiger partial charge in [-0.05, 0) is 50.1 Å². The Morgan fingerprint density at radius 1 is 1.35 bits per heavy atom. The molecule has 2 rings (SSSR count). The number of hydrogen-bond donors (Lipinski definition) is 1. The van der Waals surface area contributed by atoms with Crippen LogP contribution in [0.2, 0.25) is 0 Å². The van der Waals surface area contributed by atoms with Gasteiger partial charge in [0.2, 0.25) is 0 Å². The molecule has 1 N–H and O–H groups in total. The lowest BCUT2D eigenvalue weighted by molar-refractivity contribution is 0.152. The quantitative estimate of drug-likeness (QED) is 0.917. The lowest BCUT2D eigenvalue weighted by Gasteiger charge is -2.28. The van der Waals surface area contributed by atoms with Crippen LogP contribution >= 0.6 is 0 Å². The Bertz CT molecular complexity index is 442. The summed E-state index contributed by atoms with van der Waals surface area (Å²) in [4.78, 5) is 2.32. The predicted octanol–water partition coefficient (Wildman–Crippen LogP) is 3.03. The van der Waals surface area contributed by atoms with Crippen molar-refractivity contribution in [2.24, 2.45) is 0 Å². The van der Waals surface area contributed by atoms with Gasteiger partial charge in [0, 0.05) is 31.4 Å². The van der Waals surface area contributed by atoms with E-state index >= 15 is 0 Å². The zero-order valence-electron chi connectivity index (χ0n) is 12.7. The maximum atomic E-state index is 13.9. The van der Waals surface area contributed by atoms with Crippen molar-refractivity contribution >= 4 is 5.69 Å². The van der Waals surface area contributed by atoms with E-state index in [-0.39, 0.29) is 11.9 Å². The summed E-state index contributed by atoms with van der Waals surface area (Å²) in [5.41, 5.74) is 2.89. The van der Waals surface area contributed by atoms with E-state index in [1.54, 1.807) is 6.07 Å². The van der Waals surface area contributed by atoms with Gasteiger partial charge in [-0.15, -0.1) is 0 Å². The SMILES string of the molecule is CCNC(C)c1cc(F)c(C)cc1N1CCCOCC1. The molecule has 0 radical (unpaired) electrons. The molecule has 1 heterocycles. The second-order valence-electron chi connectivity index (χ2n) is 5.39. The van der Waals surface area contributed by atoms with Gasteiger partial charge in [0.25, 0.3) is 0 Å². The van der Waals surface area contributed by atoms with Gasteiger partial charge in [-0.25, -0.2) is 4.39 Å². The summed E-state index contributed by atoms with van der Waals surface area (Å²) in [6.45, 7) is 10.3. The first-order valence-corrected chi connectivity index (χ1v) is 7.49. The summed E-state index contributed by atoms with van der Waals surface area (Å²) < 4.78 is 19.5. The minimum atomic E-state index is -0.125. The molecule has 1 fully saturated rings. The second kappa shape index (κ2) is 7.04. The standard InChI is InChI=1S/C16H25FN2O/c1-4-18-13(3)14-11-15(17)12(2)10-16(14)19-6-5-8-20-9-7-19/h10-11,13,18H,4-9H2,1-3H3. The first kappa shape index (κ1) is 15.3. The van der Waals surface area contributed by atoms with Crippen LogP contribution in [0.1, 0.15) is 37.4 Å². The minimum absolute atomic E-state index is 0.125. The summed E-state index contributed by atoms with van der Waals surface area (Å²) in [6, 6.07) is 3.81. The first-order valence-electron chi connectivity index (χ1n) is 7.49. The van der Waals surface area contributed by atoms with E-state index in [4.69, 9.17) is 4.74 Å². The molecule has 1 aromatic rings. The lowest BCUT2D eigenvalue weighted by Crippen LogP contribution is -2.29. The lowest BCUT2D eigenvalue weighted by atomic mass is 10.0. The van der Waals surface area contributed by atoms with Gasteiger partial charge >= 0.3 is 0 Å². The smallest absolute Gasteiger partial charge is 0.126 e. The van der Waals surface area contributed by atoms with Crippen molar-refractivity contribution in [3.8, 4) is 0 Å². The van der Waals surface area contributed by atoms with Gasteiger partial charge in [0.15, 0.2) is 0 Å². The Morgan fingerprint density at radius 2 is 2.15 bits per heavy atom. The summed E-state index contributed by atoms with van der Waals surface area (Å²) in [5.74, 6) is -0.125. The predicted molar refractivity (Wildman–Crippen MR) is 80.9 cm³/mol. The minimum Gasteiger partial charge on any atom is -0.380 e. The molecule has 1 aliphatic heterocycles. The van der Waals surface area contributed by atoms with E-state index in [0.29, 0.717) is 5.56 Å². The second-order valence-corrected chi connectivity index (χ2v) is 5.39. The molecule has 1 atom stereocenters. The fourth-order valence-electron chi connectivity index (χ4n) is 2.71. The number of halogens is 1. The van der Waals surface area contributed by atoms with Crippen LogP contribution in [-0.2, 0) is 4.74 Å². The molecule has 20 heavy (non-hydrogen) atoms. The molecule has 1 unspecified atom stereocenters. The molecule has 1 saturated heterocycles. The number of benzene rings is 1. The van der Waals surface area contributed by atoms with E-state index < -0.39 is 0 Å². The molecule has 1 aliphatic rings. The highest BCUT2D eigenvalue weighted by molar-refractivity contribution is 5.57. The monoisotopic (exact) mass is 280 g/mol. The van der Waals surface area contributed by atoms with Gasteiger partial charge in [0.1, 0.15) is 5.82 Å². The summed E-state index contributed by atoms with van der Waals surface area (Å²) >= 11 is 0.